The Morgan fingerprint density at radius 1 is 1.25 bits per heavy atom. The van der Waals surface area contributed by atoms with Gasteiger partial charge in [0, 0.05) is 11.4 Å². The molecular formula is C5H9Br2N. The molecule has 1 nitrogen and oxygen atoms in total. The number of piperidine rings is 1. The quantitative estimate of drug-likeness (QED) is 0.505. The SMILES string of the molecule is Br[C@H]1CC[C@@H](Br)NC1. The van der Waals surface area contributed by atoms with E-state index in [-0.39, 0.29) is 0 Å². The highest BCUT2D eigenvalue weighted by molar-refractivity contribution is 9.10. The van der Waals surface area contributed by atoms with Crippen LogP contribution in [-0.4, -0.2) is 16.3 Å². The maximum atomic E-state index is 3.53. The smallest absolute Gasteiger partial charge is 0.0631 e. The van der Waals surface area contributed by atoms with Gasteiger partial charge in [0.05, 0.1) is 4.95 Å². The zero-order chi connectivity index (χ0) is 5.98. The normalized spacial score (nSPS) is 39.8. The number of hydrogen-bond donors (Lipinski definition) is 1. The minimum atomic E-state index is 0.552. The molecule has 0 aliphatic carbocycles. The van der Waals surface area contributed by atoms with Crippen LogP contribution in [0.25, 0.3) is 0 Å². The van der Waals surface area contributed by atoms with Gasteiger partial charge in [-0.2, -0.15) is 0 Å². The fourth-order valence-corrected chi connectivity index (χ4v) is 1.69. The first-order valence-electron chi connectivity index (χ1n) is 2.80. The van der Waals surface area contributed by atoms with Crippen molar-refractivity contribution in [2.45, 2.75) is 22.6 Å². The van der Waals surface area contributed by atoms with Crippen LogP contribution in [0.1, 0.15) is 12.8 Å². The summed E-state index contributed by atoms with van der Waals surface area (Å²) in [5.74, 6) is 0. The number of halogens is 2. The van der Waals surface area contributed by atoms with E-state index in [0.29, 0.717) is 9.78 Å². The van der Waals surface area contributed by atoms with Gasteiger partial charge in [0.1, 0.15) is 0 Å². The van der Waals surface area contributed by atoms with Crippen molar-refractivity contribution >= 4 is 31.9 Å². The van der Waals surface area contributed by atoms with Crippen LogP contribution in [0.4, 0.5) is 0 Å². The van der Waals surface area contributed by atoms with Crippen molar-refractivity contribution < 1.29 is 0 Å². The molecule has 8 heavy (non-hydrogen) atoms. The van der Waals surface area contributed by atoms with Crippen LogP contribution in [0.5, 0.6) is 0 Å². The van der Waals surface area contributed by atoms with Gasteiger partial charge in [-0.3, -0.25) is 0 Å². The first kappa shape index (κ1) is 7.03. The molecule has 1 fully saturated rings. The second-order valence-electron chi connectivity index (χ2n) is 2.05. The van der Waals surface area contributed by atoms with Crippen LogP contribution >= 0.6 is 31.9 Å². The summed E-state index contributed by atoms with van der Waals surface area (Å²) in [4.78, 5) is 1.24. The predicted molar refractivity (Wildman–Crippen MR) is 42.7 cm³/mol. The topological polar surface area (TPSA) is 12.0 Å². The Labute approximate surface area is 66.5 Å². The molecule has 1 aliphatic heterocycles. The molecule has 1 heterocycles. The Morgan fingerprint density at radius 2 is 2.00 bits per heavy atom. The number of nitrogens with one attached hydrogen (secondary N) is 1. The highest BCUT2D eigenvalue weighted by Crippen LogP contribution is 2.17. The molecule has 1 aliphatic rings. The van der Waals surface area contributed by atoms with Gasteiger partial charge in [0.15, 0.2) is 0 Å². The molecule has 0 spiro atoms. The third kappa shape index (κ3) is 2.03. The van der Waals surface area contributed by atoms with Crippen molar-refractivity contribution in [1.82, 2.24) is 5.32 Å². The summed E-state index contributed by atoms with van der Waals surface area (Å²) in [7, 11) is 0. The van der Waals surface area contributed by atoms with Gasteiger partial charge in [0.25, 0.3) is 0 Å². The molecule has 0 unspecified atom stereocenters. The summed E-state index contributed by atoms with van der Waals surface area (Å²) in [6, 6.07) is 0. The fourth-order valence-electron chi connectivity index (χ4n) is 0.787. The van der Waals surface area contributed by atoms with Crippen molar-refractivity contribution in [3.05, 3.63) is 0 Å². The van der Waals surface area contributed by atoms with E-state index in [2.05, 4.69) is 37.2 Å². The summed E-state index contributed by atoms with van der Waals surface area (Å²) in [6.45, 7) is 1.09. The van der Waals surface area contributed by atoms with E-state index in [1.165, 1.54) is 12.8 Å². The average Bonchev–Trinajstić information content (AvgIpc) is 1.77. The first-order chi connectivity index (χ1) is 3.79. The standard InChI is InChI=1S/C5H9Br2N/c6-4-1-2-5(7)8-3-4/h4-5,8H,1-3H2/t4-,5-/m0/s1. The second kappa shape index (κ2) is 3.18. The van der Waals surface area contributed by atoms with Crippen LogP contribution in [0.15, 0.2) is 0 Å². The maximum absolute atomic E-state index is 3.53. The Balaban J connectivity index is 2.19. The lowest BCUT2D eigenvalue weighted by molar-refractivity contribution is 0.513. The number of alkyl halides is 2. The van der Waals surface area contributed by atoms with E-state index < -0.39 is 0 Å². The zero-order valence-corrected chi connectivity index (χ0v) is 7.70. The lowest BCUT2D eigenvalue weighted by atomic mass is 10.2. The summed E-state index contributed by atoms with van der Waals surface area (Å²) in [6.07, 6.45) is 2.51. The molecule has 1 saturated heterocycles. The van der Waals surface area contributed by atoms with E-state index >= 15 is 0 Å². The zero-order valence-electron chi connectivity index (χ0n) is 4.53. The van der Waals surface area contributed by atoms with Crippen LogP contribution in [-0.2, 0) is 0 Å². The number of rotatable bonds is 0. The molecular weight excluding hydrogens is 234 g/mol. The Morgan fingerprint density at radius 3 is 2.38 bits per heavy atom. The van der Waals surface area contributed by atoms with Crippen molar-refractivity contribution in [3.63, 3.8) is 0 Å². The van der Waals surface area contributed by atoms with Gasteiger partial charge in [-0.05, 0) is 12.8 Å². The molecule has 0 aromatic heterocycles. The Bertz CT molecular complexity index is 58.8. The summed E-state index contributed by atoms with van der Waals surface area (Å²) in [5, 5.41) is 3.30. The van der Waals surface area contributed by atoms with E-state index in [1.807, 2.05) is 0 Å². The van der Waals surface area contributed by atoms with Crippen molar-refractivity contribution in [1.29, 1.82) is 0 Å². The molecule has 0 bridgehead atoms. The highest BCUT2D eigenvalue weighted by atomic mass is 79.9. The van der Waals surface area contributed by atoms with Crippen molar-refractivity contribution in [2.24, 2.45) is 0 Å². The molecule has 0 aromatic rings. The van der Waals surface area contributed by atoms with Crippen LogP contribution in [0.2, 0.25) is 0 Å². The summed E-state index contributed by atoms with van der Waals surface area (Å²) in [5.41, 5.74) is 0. The maximum Gasteiger partial charge on any atom is 0.0631 e. The number of hydrogen-bond acceptors (Lipinski definition) is 1. The van der Waals surface area contributed by atoms with E-state index in [9.17, 15) is 0 Å². The van der Waals surface area contributed by atoms with Gasteiger partial charge >= 0.3 is 0 Å². The molecule has 0 aromatic carbocycles. The molecule has 3 heteroatoms. The minimum Gasteiger partial charge on any atom is -0.304 e. The van der Waals surface area contributed by atoms with Crippen LogP contribution < -0.4 is 5.32 Å². The van der Waals surface area contributed by atoms with Crippen LogP contribution in [0.3, 0.4) is 0 Å². The first-order valence-corrected chi connectivity index (χ1v) is 4.63. The van der Waals surface area contributed by atoms with Gasteiger partial charge in [-0.15, -0.1) is 0 Å². The molecule has 1 N–H and O–H groups in total. The molecule has 0 amide bonds. The average molecular weight is 243 g/mol. The monoisotopic (exact) mass is 241 g/mol. The van der Waals surface area contributed by atoms with Crippen molar-refractivity contribution in [2.75, 3.05) is 6.54 Å². The highest BCUT2D eigenvalue weighted by Gasteiger charge is 2.14. The lowest BCUT2D eigenvalue weighted by Crippen LogP contribution is -2.35. The lowest BCUT2D eigenvalue weighted by Gasteiger charge is -2.21. The minimum absolute atomic E-state index is 0.552. The molecule has 48 valence electrons. The predicted octanol–water partition coefficient (Wildman–Crippen LogP) is 1.85. The van der Waals surface area contributed by atoms with E-state index in [1.54, 1.807) is 0 Å². The third-order valence-electron chi connectivity index (χ3n) is 1.29. The van der Waals surface area contributed by atoms with Gasteiger partial charge in [0.2, 0.25) is 0 Å². The largest absolute Gasteiger partial charge is 0.304 e. The van der Waals surface area contributed by atoms with Gasteiger partial charge < -0.3 is 5.32 Å². The van der Waals surface area contributed by atoms with E-state index in [0.717, 1.165) is 6.54 Å². The summed E-state index contributed by atoms with van der Waals surface area (Å²) >= 11 is 7.02. The van der Waals surface area contributed by atoms with E-state index in [4.69, 9.17) is 0 Å². The second-order valence-corrected chi connectivity index (χ2v) is 4.45. The van der Waals surface area contributed by atoms with Crippen molar-refractivity contribution in [3.8, 4) is 0 Å². The molecule has 0 saturated carbocycles. The molecule has 2 atom stereocenters. The Kier molecular flexibility index (Phi) is 2.80. The fraction of sp³-hybridized carbons (Fsp3) is 1.00. The van der Waals surface area contributed by atoms with Crippen LogP contribution in [0, 0.1) is 0 Å². The summed E-state index contributed by atoms with van der Waals surface area (Å²) < 4.78 is 0. The Hall–Kier alpha value is 0.920. The van der Waals surface area contributed by atoms with Gasteiger partial charge in [-0.25, -0.2) is 0 Å². The molecule has 1 rings (SSSR count). The third-order valence-corrected chi connectivity index (χ3v) is 2.86. The van der Waals surface area contributed by atoms with Gasteiger partial charge in [-0.1, -0.05) is 31.9 Å². The molecule has 0 radical (unpaired) electrons.